The van der Waals surface area contributed by atoms with Gasteiger partial charge in [0.2, 0.25) is 0 Å². The van der Waals surface area contributed by atoms with Crippen molar-refractivity contribution in [3.05, 3.63) is 81.8 Å². The second-order valence-electron chi connectivity index (χ2n) is 7.19. The van der Waals surface area contributed by atoms with Gasteiger partial charge in [-0.2, -0.15) is 0 Å². The van der Waals surface area contributed by atoms with Crippen LogP contribution in [0.2, 0.25) is 0 Å². The van der Waals surface area contributed by atoms with Crippen LogP contribution in [0.3, 0.4) is 0 Å². The van der Waals surface area contributed by atoms with Gasteiger partial charge in [-0.05, 0) is 67.1 Å². The largest absolute Gasteiger partial charge is 0.497 e. The van der Waals surface area contributed by atoms with Crippen molar-refractivity contribution < 1.29 is 27.8 Å². The monoisotopic (exact) mass is 543 g/mol. The number of halogens is 1. The Morgan fingerprint density at radius 2 is 1.79 bits per heavy atom. The van der Waals surface area contributed by atoms with Crippen LogP contribution < -0.4 is 13.8 Å². The highest BCUT2D eigenvalue weighted by Gasteiger charge is 2.27. The van der Waals surface area contributed by atoms with E-state index >= 15 is 0 Å². The van der Waals surface area contributed by atoms with Gasteiger partial charge in [0, 0.05) is 17.1 Å². The van der Waals surface area contributed by atoms with Gasteiger partial charge in [-0.25, -0.2) is 13.2 Å². The summed E-state index contributed by atoms with van der Waals surface area (Å²) in [6.45, 7) is 1.77. The molecule has 0 atom stereocenters. The van der Waals surface area contributed by atoms with E-state index in [1.807, 2.05) is 24.3 Å². The summed E-state index contributed by atoms with van der Waals surface area (Å²) in [6, 6.07) is 16.3. The van der Waals surface area contributed by atoms with Crippen molar-refractivity contribution in [3.8, 4) is 23.3 Å². The predicted octanol–water partition coefficient (Wildman–Crippen LogP) is 4.72. The van der Waals surface area contributed by atoms with Crippen molar-refractivity contribution in [2.24, 2.45) is 0 Å². The van der Waals surface area contributed by atoms with Gasteiger partial charge in [0.15, 0.2) is 0 Å². The molecule has 0 spiro atoms. The summed E-state index contributed by atoms with van der Waals surface area (Å²) in [7, 11) is -1.09. The van der Waals surface area contributed by atoms with E-state index < -0.39 is 16.0 Å². The maximum Gasteiger partial charge on any atom is 0.337 e. The summed E-state index contributed by atoms with van der Waals surface area (Å²) < 4.78 is 38.6. The third-order valence-electron chi connectivity index (χ3n) is 4.91. The lowest BCUT2D eigenvalue weighted by atomic mass is 10.1. The Kier molecular flexibility index (Phi) is 7.87. The van der Waals surface area contributed by atoms with E-state index in [0.717, 1.165) is 9.87 Å². The number of aromatic carboxylic acids is 1. The minimum absolute atomic E-state index is 0.00322. The van der Waals surface area contributed by atoms with Gasteiger partial charge in [0.05, 0.1) is 23.3 Å². The number of ether oxygens (including phenoxy) is 2. The van der Waals surface area contributed by atoms with Crippen LogP contribution in [0, 0.1) is 18.8 Å². The molecule has 0 aromatic heterocycles. The third kappa shape index (κ3) is 5.71. The van der Waals surface area contributed by atoms with E-state index in [0.29, 0.717) is 21.5 Å². The summed E-state index contributed by atoms with van der Waals surface area (Å²) in [5.74, 6) is 5.81. The zero-order valence-electron chi connectivity index (χ0n) is 18.7. The van der Waals surface area contributed by atoms with Crippen LogP contribution in [-0.2, 0) is 10.0 Å². The second-order valence-corrected chi connectivity index (χ2v) is 10.1. The van der Waals surface area contributed by atoms with Crippen molar-refractivity contribution in [2.75, 3.05) is 25.1 Å². The van der Waals surface area contributed by atoms with Crippen molar-refractivity contribution in [1.82, 2.24) is 0 Å². The quantitative estimate of drug-likeness (QED) is 0.433. The zero-order chi connectivity index (χ0) is 24.9. The number of carbonyl (C=O) groups is 1. The zero-order valence-corrected chi connectivity index (χ0v) is 21.1. The van der Waals surface area contributed by atoms with Gasteiger partial charge in [0.1, 0.15) is 18.1 Å². The molecule has 0 aliphatic rings. The first-order chi connectivity index (χ1) is 16.1. The molecule has 7 nitrogen and oxygen atoms in total. The number of aryl methyl sites for hydroxylation is 1. The molecule has 0 radical (unpaired) electrons. The Bertz CT molecular complexity index is 1370. The Hall–Kier alpha value is -3.48. The first kappa shape index (κ1) is 25.1. The number of carboxylic acids is 1. The van der Waals surface area contributed by atoms with E-state index in [1.165, 1.54) is 37.4 Å². The van der Waals surface area contributed by atoms with Crippen LogP contribution in [0.5, 0.6) is 11.5 Å². The summed E-state index contributed by atoms with van der Waals surface area (Å²) >= 11 is 3.25. The molecule has 0 saturated heterocycles. The van der Waals surface area contributed by atoms with Gasteiger partial charge in [-0.3, -0.25) is 4.31 Å². The first-order valence-corrected chi connectivity index (χ1v) is 12.2. The molecule has 0 heterocycles. The summed E-state index contributed by atoms with van der Waals surface area (Å²) in [5, 5.41) is 9.56. The Morgan fingerprint density at radius 3 is 2.44 bits per heavy atom. The molecule has 0 amide bonds. The molecule has 3 rings (SSSR count). The highest BCUT2D eigenvalue weighted by Crippen LogP contribution is 2.32. The topological polar surface area (TPSA) is 93.1 Å². The SMILES string of the molecule is COc1cccc(C#CCOc2ccc(S(=O)(=O)N(C)c3c(C)cc(Br)cc3C(=O)O)cc2)c1. The van der Waals surface area contributed by atoms with Crippen molar-refractivity contribution in [2.45, 2.75) is 11.8 Å². The number of hydrogen-bond donors (Lipinski definition) is 1. The molecule has 0 bridgehead atoms. The van der Waals surface area contributed by atoms with Crippen molar-refractivity contribution in [1.29, 1.82) is 0 Å². The van der Waals surface area contributed by atoms with Crippen molar-refractivity contribution >= 4 is 37.6 Å². The molecule has 0 saturated carbocycles. The van der Waals surface area contributed by atoms with Crippen LogP contribution >= 0.6 is 15.9 Å². The van der Waals surface area contributed by atoms with E-state index in [1.54, 1.807) is 20.1 Å². The standard InChI is InChI=1S/C25H22BrNO6S/c1-17-14-19(26)16-23(25(28)29)24(17)27(2)34(30,31)22-11-9-20(10-12-22)33-13-5-7-18-6-4-8-21(15-18)32-3/h4,6,8-12,14-16H,13H2,1-3H3,(H,28,29). The Labute approximate surface area is 207 Å². The summed E-state index contributed by atoms with van der Waals surface area (Å²) in [6.07, 6.45) is 0. The molecule has 1 N–H and O–H groups in total. The highest BCUT2D eigenvalue weighted by molar-refractivity contribution is 9.10. The van der Waals surface area contributed by atoms with Crippen LogP contribution in [0.1, 0.15) is 21.5 Å². The highest BCUT2D eigenvalue weighted by atomic mass is 79.9. The maximum absolute atomic E-state index is 13.2. The number of nitrogens with zero attached hydrogens (tertiary/aromatic N) is 1. The molecule has 0 aliphatic heterocycles. The maximum atomic E-state index is 13.2. The second kappa shape index (κ2) is 10.6. The third-order valence-corrected chi connectivity index (χ3v) is 7.14. The van der Waals surface area contributed by atoms with Gasteiger partial charge < -0.3 is 14.6 Å². The summed E-state index contributed by atoms with van der Waals surface area (Å²) in [5.41, 5.74) is 1.28. The number of benzene rings is 3. The number of anilines is 1. The predicted molar refractivity (Wildman–Crippen MR) is 133 cm³/mol. The van der Waals surface area contributed by atoms with Gasteiger partial charge >= 0.3 is 5.97 Å². The first-order valence-electron chi connectivity index (χ1n) is 10.0. The normalized spacial score (nSPS) is 10.7. The molecule has 3 aromatic rings. The molecule has 9 heteroatoms. The number of methoxy groups -OCH3 is 1. The molecule has 176 valence electrons. The summed E-state index contributed by atoms with van der Waals surface area (Å²) in [4.78, 5) is 11.7. The average molecular weight is 544 g/mol. The Morgan fingerprint density at radius 1 is 1.09 bits per heavy atom. The number of sulfonamides is 1. The lowest BCUT2D eigenvalue weighted by molar-refractivity contribution is 0.0697. The van der Waals surface area contributed by atoms with Crippen LogP contribution in [0.15, 0.2) is 70.0 Å². The number of carboxylic acid groups (broad SMARTS) is 1. The van der Waals surface area contributed by atoms with E-state index in [4.69, 9.17) is 9.47 Å². The van der Waals surface area contributed by atoms with Crippen LogP contribution in [0.25, 0.3) is 0 Å². The minimum atomic E-state index is -4.01. The van der Waals surface area contributed by atoms with Gasteiger partial charge in [-0.15, -0.1) is 0 Å². The number of hydrogen-bond acceptors (Lipinski definition) is 5. The fraction of sp³-hybridized carbons (Fsp3) is 0.160. The molecule has 3 aromatic carbocycles. The molecule has 0 aliphatic carbocycles. The number of rotatable bonds is 7. The van der Waals surface area contributed by atoms with Crippen LogP contribution in [-0.4, -0.2) is 40.3 Å². The Balaban J connectivity index is 1.75. The fourth-order valence-corrected chi connectivity index (χ4v) is 5.11. The van der Waals surface area contributed by atoms with Crippen LogP contribution in [0.4, 0.5) is 5.69 Å². The lowest BCUT2D eigenvalue weighted by Crippen LogP contribution is -2.29. The van der Waals surface area contributed by atoms with Gasteiger partial charge in [-0.1, -0.05) is 33.8 Å². The van der Waals surface area contributed by atoms with Gasteiger partial charge in [0.25, 0.3) is 10.0 Å². The molecular weight excluding hydrogens is 522 g/mol. The van der Waals surface area contributed by atoms with E-state index in [-0.39, 0.29) is 22.8 Å². The molecule has 0 fully saturated rings. The van der Waals surface area contributed by atoms with E-state index in [2.05, 4.69) is 27.8 Å². The lowest BCUT2D eigenvalue weighted by Gasteiger charge is -2.23. The average Bonchev–Trinajstić information content (AvgIpc) is 2.81. The van der Waals surface area contributed by atoms with E-state index in [9.17, 15) is 18.3 Å². The molecular formula is C25H22BrNO6S. The molecule has 0 unspecified atom stereocenters. The molecule has 34 heavy (non-hydrogen) atoms. The fourth-order valence-electron chi connectivity index (χ4n) is 3.26. The smallest absolute Gasteiger partial charge is 0.337 e. The van der Waals surface area contributed by atoms with Crippen molar-refractivity contribution in [3.63, 3.8) is 0 Å². The minimum Gasteiger partial charge on any atom is -0.497 e.